The Kier molecular flexibility index (Phi) is 5.22. The van der Waals surface area contributed by atoms with E-state index >= 15 is 0 Å². The second-order valence-electron chi connectivity index (χ2n) is 6.74. The van der Waals surface area contributed by atoms with Crippen LogP contribution in [0.15, 0.2) is 24.4 Å². The summed E-state index contributed by atoms with van der Waals surface area (Å²) in [6.07, 6.45) is 0.999. The van der Waals surface area contributed by atoms with E-state index in [2.05, 4.69) is 15.1 Å². The van der Waals surface area contributed by atoms with Crippen molar-refractivity contribution in [1.82, 2.24) is 19.7 Å². The van der Waals surface area contributed by atoms with Crippen LogP contribution in [0, 0.1) is 5.82 Å². The minimum atomic E-state index is -4.82. The SMILES string of the molecule is CP(O)(O)(O)Cc1cc(F)cc(Cn2ncc3c(N)nc(OCCO)nc32)c1. The van der Waals surface area contributed by atoms with Crippen molar-refractivity contribution in [3.63, 3.8) is 0 Å². The van der Waals surface area contributed by atoms with Crippen LogP contribution >= 0.6 is 7.28 Å². The van der Waals surface area contributed by atoms with Crippen molar-refractivity contribution in [1.29, 1.82) is 0 Å². The van der Waals surface area contributed by atoms with Gasteiger partial charge in [0.15, 0.2) is 0 Å². The molecule has 1 aromatic carbocycles. The first-order valence-electron chi connectivity index (χ1n) is 8.27. The first-order chi connectivity index (χ1) is 13.0. The first kappa shape index (κ1) is 20.3. The van der Waals surface area contributed by atoms with E-state index in [-0.39, 0.29) is 37.2 Å². The number of hydrogen-bond acceptors (Lipinski definition) is 9. The van der Waals surface area contributed by atoms with Gasteiger partial charge in [0.1, 0.15) is 0 Å². The Morgan fingerprint density at radius 2 is 1.89 bits per heavy atom. The summed E-state index contributed by atoms with van der Waals surface area (Å²) in [6.45, 7) is 0.825. The summed E-state index contributed by atoms with van der Waals surface area (Å²) >= 11 is 0. The van der Waals surface area contributed by atoms with Crippen LogP contribution in [0.2, 0.25) is 0 Å². The maximum atomic E-state index is 14.0. The number of nitrogens with two attached hydrogens (primary N) is 1. The Morgan fingerprint density at radius 3 is 2.57 bits per heavy atom. The van der Waals surface area contributed by atoms with Crippen molar-refractivity contribution in [3.05, 3.63) is 41.3 Å². The predicted octanol–water partition coefficient (Wildman–Crippen LogP) is 0.372. The van der Waals surface area contributed by atoms with Crippen LogP contribution in [0.25, 0.3) is 11.0 Å². The number of aromatic nitrogens is 4. The van der Waals surface area contributed by atoms with E-state index in [1.54, 1.807) is 0 Å². The summed E-state index contributed by atoms with van der Waals surface area (Å²) < 4.78 is 20.6. The normalized spacial score (nSPS) is 13.4. The Hall–Kier alpha value is -2.43. The fraction of sp³-hybridized carbons (Fsp3) is 0.312. The Labute approximate surface area is 159 Å². The van der Waals surface area contributed by atoms with Gasteiger partial charge in [0.2, 0.25) is 0 Å². The molecule has 6 N–H and O–H groups in total. The van der Waals surface area contributed by atoms with Crippen LogP contribution in [0.1, 0.15) is 11.1 Å². The van der Waals surface area contributed by atoms with E-state index in [4.69, 9.17) is 15.6 Å². The standard InChI is InChI=1S/C16H21FN5O5P/c1-28(24,25,26)9-11-4-10(5-12(17)6-11)8-22-15-13(7-19-22)14(18)20-16(21-15)27-3-2-23/h4-7,23-26H,2-3,8-9H2,1H3,(H2,18,20,21). The van der Waals surface area contributed by atoms with Gasteiger partial charge in [-0.2, -0.15) is 0 Å². The van der Waals surface area contributed by atoms with Gasteiger partial charge < -0.3 is 5.11 Å². The number of aliphatic hydroxyl groups excluding tert-OH is 1. The predicted molar refractivity (Wildman–Crippen MR) is 101 cm³/mol. The molecule has 10 nitrogen and oxygen atoms in total. The Morgan fingerprint density at radius 1 is 1.18 bits per heavy atom. The van der Waals surface area contributed by atoms with Gasteiger partial charge in [-0.1, -0.05) is 0 Å². The molecule has 0 aliphatic rings. The quantitative estimate of drug-likeness (QED) is 0.345. The van der Waals surface area contributed by atoms with Crippen molar-refractivity contribution in [3.8, 4) is 6.01 Å². The van der Waals surface area contributed by atoms with Gasteiger partial charge in [-0.15, -0.1) is 0 Å². The molecular formula is C16H21FN5O5P. The molecule has 2 heterocycles. The Balaban J connectivity index is 1.94. The molecule has 0 aliphatic heterocycles. The van der Waals surface area contributed by atoms with Crippen LogP contribution < -0.4 is 10.5 Å². The molecule has 0 fully saturated rings. The molecule has 0 bridgehead atoms. The summed E-state index contributed by atoms with van der Waals surface area (Å²) in [4.78, 5) is 37.3. The fourth-order valence-electron chi connectivity index (χ4n) is 2.77. The van der Waals surface area contributed by atoms with E-state index in [1.807, 2.05) is 0 Å². The van der Waals surface area contributed by atoms with E-state index in [9.17, 15) is 19.1 Å². The summed E-state index contributed by atoms with van der Waals surface area (Å²) in [5.41, 5.74) is 6.94. The third-order valence-electron chi connectivity index (χ3n) is 3.73. The van der Waals surface area contributed by atoms with Gasteiger partial charge in [0, 0.05) is 0 Å². The molecule has 3 rings (SSSR count). The maximum absolute atomic E-state index is 14.0. The van der Waals surface area contributed by atoms with E-state index < -0.39 is 19.3 Å². The molecule has 2 aromatic heterocycles. The number of halogens is 1. The van der Waals surface area contributed by atoms with Crippen molar-refractivity contribution in [2.45, 2.75) is 12.7 Å². The number of aliphatic hydroxyl groups is 1. The van der Waals surface area contributed by atoms with E-state index in [0.717, 1.165) is 12.7 Å². The molecular weight excluding hydrogens is 392 g/mol. The van der Waals surface area contributed by atoms with Crippen molar-refractivity contribution in [2.75, 3.05) is 25.6 Å². The van der Waals surface area contributed by atoms with Gasteiger partial charge >= 0.3 is 153 Å². The number of nitrogen functional groups attached to an aromatic ring is 1. The second kappa shape index (κ2) is 7.19. The number of anilines is 1. The third kappa shape index (κ3) is 5.09. The molecule has 0 unspecified atom stereocenters. The zero-order valence-electron chi connectivity index (χ0n) is 15.0. The zero-order valence-corrected chi connectivity index (χ0v) is 15.9. The van der Waals surface area contributed by atoms with Crippen LogP contribution in [0.5, 0.6) is 6.01 Å². The molecule has 0 spiro atoms. The minimum absolute atomic E-state index is 0.00116. The summed E-state index contributed by atoms with van der Waals surface area (Å²) in [7, 11) is -4.82. The van der Waals surface area contributed by atoms with Crippen LogP contribution in [0.4, 0.5) is 10.2 Å². The molecule has 0 saturated carbocycles. The first-order valence-corrected chi connectivity index (χ1v) is 11.0. The monoisotopic (exact) mass is 413 g/mol. The van der Waals surface area contributed by atoms with Gasteiger partial charge in [-0.25, -0.2) is 0 Å². The topological polar surface area (TPSA) is 160 Å². The average molecular weight is 413 g/mol. The number of fused-ring (bicyclic) bond motifs is 1. The number of rotatable bonds is 7. The van der Waals surface area contributed by atoms with Gasteiger partial charge in [-0.3, -0.25) is 0 Å². The van der Waals surface area contributed by atoms with Crippen LogP contribution in [0.3, 0.4) is 0 Å². The summed E-state index contributed by atoms with van der Waals surface area (Å²) in [5.74, 6) is -0.446. The Bertz CT molecular complexity index is 1010. The molecule has 0 radical (unpaired) electrons. The third-order valence-corrected chi connectivity index (χ3v) is 4.84. The van der Waals surface area contributed by atoms with Crippen LogP contribution in [-0.4, -0.2) is 59.4 Å². The van der Waals surface area contributed by atoms with E-state index in [0.29, 0.717) is 16.6 Å². The van der Waals surface area contributed by atoms with Gasteiger partial charge in [0.05, 0.1) is 0 Å². The number of nitrogens with zero attached hydrogens (tertiary/aromatic N) is 4. The van der Waals surface area contributed by atoms with Crippen LogP contribution in [-0.2, 0) is 12.7 Å². The number of benzene rings is 1. The fourth-order valence-corrected chi connectivity index (χ4v) is 3.81. The average Bonchev–Trinajstić information content (AvgIpc) is 2.93. The number of ether oxygens (including phenoxy) is 1. The molecule has 3 aromatic rings. The van der Waals surface area contributed by atoms with E-state index in [1.165, 1.54) is 23.0 Å². The zero-order chi connectivity index (χ0) is 20.6. The van der Waals surface area contributed by atoms with Crippen molar-refractivity contribution >= 4 is 24.1 Å². The van der Waals surface area contributed by atoms with Gasteiger partial charge in [0.25, 0.3) is 0 Å². The molecule has 0 aliphatic carbocycles. The molecule has 0 saturated heterocycles. The second-order valence-corrected chi connectivity index (χ2v) is 10.3. The van der Waals surface area contributed by atoms with Crippen molar-refractivity contribution in [2.24, 2.45) is 0 Å². The van der Waals surface area contributed by atoms with Crippen molar-refractivity contribution < 1.29 is 28.9 Å². The van der Waals surface area contributed by atoms with Gasteiger partial charge in [-0.05, 0) is 0 Å². The molecule has 0 atom stereocenters. The molecule has 152 valence electrons. The summed E-state index contributed by atoms with van der Waals surface area (Å²) in [5, 5.41) is 13.5. The number of hydrogen-bond donors (Lipinski definition) is 5. The molecule has 0 amide bonds. The summed E-state index contributed by atoms with van der Waals surface area (Å²) in [6, 6.07) is 3.91. The molecule has 28 heavy (non-hydrogen) atoms. The molecule has 12 heteroatoms.